The Labute approximate surface area is 100 Å². The summed E-state index contributed by atoms with van der Waals surface area (Å²) in [5, 5.41) is 0. The molecule has 0 unspecified atom stereocenters. The fraction of sp³-hybridized carbons (Fsp3) is 0.400. The first-order chi connectivity index (χ1) is 7.88. The first-order valence-electron chi connectivity index (χ1n) is 5.11. The Kier molecular flexibility index (Phi) is 4.59. The van der Waals surface area contributed by atoms with Crippen molar-refractivity contribution in [1.29, 1.82) is 0 Å². The van der Waals surface area contributed by atoms with E-state index in [-0.39, 0.29) is 5.75 Å². The van der Waals surface area contributed by atoms with Gasteiger partial charge in [-0.1, -0.05) is 0 Å². The summed E-state index contributed by atoms with van der Waals surface area (Å²) in [6.07, 6.45) is 0.882. The summed E-state index contributed by atoms with van der Waals surface area (Å²) in [7, 11) is -3.87. The summed E-state index contributed by atoms with van der Waals surface area (Å²) >= 11 is 0. The van der Waals surface area contributed by atoms with E-state index in [9.17, 15) is 8.42 Å². The molecule has 0 spiro atoms. The van der Waals surface area contributed by atoms with Gasteiger partial charge in [-0.05, 0) is 25.0 Å². The quantitative estimate of drug-likeness (QED) is 0.397. The molecule has 6 nitrogen and oxygen atoms in total. The molecule has 1 rings (SSSR count). The predicted octanol–water partition coefficient (Wildman–Crippen LogP) is 0.898. The van der Waals surface area contributed by atoms with E-state index in [4.69, 9.17) is 20.8 Å². The molecule has 0 fully saturated rings. The van der Waals surface area contributed by atoms with Crippen molar-refractivity contribution in [3.05, 3.63) is 18.2 Å². The zero-order chi connectivity index (χ0) is 12.9. The molecule has 0 heterocycles. The third kappa shape index (κ3) is 5.41. The molecule has 0 bridgehead atoms. The third-order valence-electron chi connectivity index (χ3n) is 2.12. The highest BCUT2D eigenvalue weighted by atomic mass is 32.2. The number of rotatable bonds is 6. The molecule has 96 valence electrons. The second-order valence-corrected chi connectivity index (χ2v) is 5.20. The van der Waals surface area contributed by atoms with Gasteiger partial charge in [-0.25, -0.2) is 0 Å². The van der Waals surface area contributed by atoms with Crippen molar-refractivity contribution < 1.29 is 17.7 Å². The van der Waals surface area contributed by atoms with Crippen LogP contribution in [0.5, 0.6) is 5.75 Å². The molecule has 0 saturated heterocycles. The van der Waals surface area contributed by atoms with Crippen molar-refractivity contribution in [2.75, 3.05) is 23.8 Å². The Morgan fingerprint density at radius 3 is 2.47 bits per heavy atom. The van der Waals surface area contributed by atoms with Crippen LogP contribution in [0.2, 0.25) is 0 Å². The average Bonchev–Trinajstić information content (AvgIpc) is 2.21. The van der Waals surface area contributed by atoms with Crippen LogP contribution in [0.3, 0.4) is 0 Å². The summed E-state index contributed by atoms with van der Waals surface area (Å²) in [6, 6.07) is 4.94. The Balaban J connectivity index is 2.29. The average molecular weight is 260 g/mol. The van der Waals surface area contributed by atoms with E-state index in [1.807, 2.05) is 0 Å². The van der Waals surface area contributed by atoms with Gasteiger partial charge in [-0.2, -0.15) is 8.42 Å². The fourth-order valence-corrected chi connectivity index (χ4v) is 1.79. The maximum Gasteiger partial charge on any atom is 0.264 e. The molecule has 0 atom stereocenters. The van der Waals surface area contributed by atoms with Gasteiger partial charge in [-0.15, -0.1) is 0 Å². The first-order valence-corrected chi connectivity index (χ1v) is 6.72. The van der Waals surface area contributed by atoms with E-state index in [1.54, 1.807) is 18.2 Å². The summed E-state index contributed by atoms with van der Waals surface area (Å²) in [5.74, 6) is 0.337. The maximum absolute atomic E-state index is 10.4. The van der Waals surface area contributed by atoms with Gasteiger partial charge >= 0.3 is 0 Å². The third-order valence-corrected chi connectivity index (χ3v) is 2.93. The summed E-state index contributed by atoms with van der Waals surface area (Å²) < 4.78 is 34.7. The second-order valence-electron chi connectivity index (χ2n) is 3.63. The normalized spacial score (nSPS) is 11.4. The zero-order valence-electron chi connectivity index (χ0n) is 9.30. The van der Waals surface area contributed by atoms with Crippen LogP contribution in [0.25, 0.3) is 0 Å². The van der Waals surface area contributed by atoms with Crippen LogP contribution >= 0.6 is 0 Å². The van der Waals surface area contributed by atoms with Crippen LogP contribution in [-0.4, -0.2) is 25.3 Å². The maximum atomic E-state index is 10.4. The molecule has 1 aromatic carbocycles. The van der Waals surface area contributed by atoms with Crippen molar-refractivity contribution in [1.82, 2.24) is 0 Å². The molecule has 17 heavy (non-hydrogen) atoms. The highest BCUT2D eigenvalue weighted by molar-refractivity contribution is 7.85. The monoisotopic (exact) mass is 260 g/mol. The number of hydrogen-bond acceptors (Lipinski definition) is 5. The van der Waals surface area contributed by atoms with Gasteiger partial charge in [-0.3, -0.25) is 4.55 Å². The number of unbranched alkanes of at least 4 members (excludes halogenated alkanes) is 1. The van der Waals surface area contributed by atoms with Gasteiger partial charge in [0, 0.05) is 6.07 Å². The molecule has 0 aliphatic rings. The predicted molar refractivity (Wildman–Crippen MR) is 66.4 cm³/mol. The Morgan fingerprint density at radius 2 is 1.88 bits per heavy atom. The molecule has 0 radical (unpaired) electrons. The molecular formula is C10H16N2O4S. The molecule has 0 aromatic heterocycles. The molecule has 0 amide bonds. The largest absolute Gasteiger partial charge is 0.494 e. The summed E-state index contributed by atoms with van der Waals surface area (Å²) in [5.41, 5.74) is 12.1. The number of benzene rings is 1. The lowest BCUT2D eigenvalue weighted by atomic mass is 10.2. The second kappa shape index (κ2) is 5.74. The molecule has 0 aliphatic carbocycles. The number of hydrogen-bond donors (Lipinski definition) is 3. The lowest BCUT2D eigenvalue weighted by Gasteiger charge is -2.07. The van der Waals surface area contributed by atoms with E-state index in [1.165, 1.54) is 0 Å². The highest BCUT2D eigenvalue weighted by Gasteiger charge is 2.03. The first kappa shape index (κ1) is 13.6. The lowest BCUT2D eigenvalue weighted by Crippen LogP contribution is -2.06. The molecule has 0 aliphatic heterocycles. The van der Waals surface area contributed by atoms with Gasteiger partial charge in [0.1, 0.15) is 5.75 Å². The van der Waals surface area contributed by atoms with Crippen molar-refractivity contribution in [2.24, 2.45) is 0 Å². The Bertz CT molecular complexity index is 473. The number of ether oxygens (including phenoxy) is 1. The van der Waals surface area contributed by atoms with Crippen molar-refractivity contribution in [3.8, 4) is 5.75 Å². The molecular weight excluding hydrogens is 244 g/mol. The van der Waals surface area contributed by atoms with Crippen molar-refractivity contribution in [2.45, 2.75) is 12.8 Å². The number of nitrogen functional groups attached to an aromatic ring is 2. The van der Waals surface area contributed by atoms with Crippen LogP contribution in [0.4, 0.5) is 11.4 Å². The minimum absolute atomic E-state index is 0.250. The van der Waals surface area contributed by atoms with E-state index in [0.29, 0.717) is 36.6 Å². The van der Waals surface area contributed by atoms with Crippen molar-refractivity contribution in [3.63, 3.8) is 0 Å². The number of nitrogens with two attached hydrogens (primary N) is 2. The van der Waals surface area contributed by atoms with Crippen LogP contribution in [-0.2, 0) is 10.1 Å². The fourth-order valence-electron chi connectivity index (χ4n) is 1.22. The van der Waals surface area contributed by atoms with Crippen molar-refractivity contribution >= 4 is 21.5 Å². The van der Waals surface area contributed by atoms with E-state index >= 15 is 0 Å². The SMILES string of the molecule is Nc1ccc(OCCCCS(=O)(=O)O)cc1N. The van der Waals surface area contributed by atoms with Gasteiger partial charge in [0.15, 0.2) is 0 Å². The van der Waals surface area contributed by atoms with Crippen LogP contribution in [0.15, 0.2) is 18.2 Å². The van der Waals surface area contributed by atoms with Gasteiger partial charge in [0.05, 0.1) is 23.7 Å². The zero-order valence-corrected chi connectivity index (χ0v) is 10.1. The van der Waals surface area contributed by atoms with E-state index in [2.05, 4.69) is 0 Å². The summed E-state index contributed by atoms with van der Waals surface area (Å²) in [4.78, 5) is 0. The molecule has 0 saturated carbocycles. The molecule has 1 aromatic rings. The van der Waals surface area contributed by atoms with Gasteiger partial charge in [0.25, 0.3) is 10.1 Å². The smallest absolute Gasteiger partial charge is 0.264 e. The Morgan fingerprint density at radius 1 is 1.18 bits per heavy atom. The minimum Gasteiger partial charge on any atom is -0.494 e. The Hall–Kier alpha value is -1.47. The molecule has 7 heteroatoms. The van der Waals surface area contributed by atoms with E-state index in [0.717, 1.165) is 0 Å². The minimum atomic E-state index is -3.87. The van der Waals surface area contributed by atoms with Gasteiger partial charge < -0.3 is 16.2 Å². The molecule has 5 N–H and O–H groups in total. The van der Waals surface area contributed by atoms with Crippen LogP contribution in [0, 0.1) is 0 Å². The van der Waals surface area contributed by atoms with Gasteiger partial charge in [0.2, 0.25) is 0 Å². The standard InChI is InChI=1S/C10H16N2O4S/c11-9-4-3-8(7-10(9)12)16-5-1-2-6-17(13,14)15/h3-4,7H,1-2,5-6,11-12H2,(H,13,14,15). The van der Waals surface area contributed by atoms with Crippen LogP contribution in [0.1, 0.15) is 12.8 Å². The summed E-state index contributed by atoms with van der Waals surface area (Å²) in [6.45, 7) is 0.360. The number of anilines is 2. The topological polar surface area (TPSA) is 116 Å². The van der Waals surface area contributed by atoms with E-state index < -0.39 is 10.1 Å². The lowest BCUT2D eigenvalue weighted by molar-refractivity contribution is 0.309. The van der Waals surface area contributed by atoms with Crippen LogP contribution < -0.4 is 16.2 Å². The highest BCUT2D eigenvalue weighted by Crippen LogP contribution is 2.21.